The zero-order valence-corrected chi connectivity index (χ0v) is 15.2. The summed E-state index contributed by atoms with van der Waals surface area (Å²) in [5.41, 5.74) is 0.399. The number of hydrogen-bond acceptors (Lipinski definition) is 4. The zero-order chi connectivity index (χ0) is 19.2. The molecule has 27 heavy (non-hydrogen) atoms. The van der Waals surface area contributed by atoms with Crippen molar-refractivity contribution in [2.45, 2.75) is 25.5 Å². The van der Waals surface area contributed by atoms with E-state index in [1.165, 1.54) is 18.4 Å². The van der Waals surface area contributed by atoms with Crippen LogP contribution in [-0.2, 0) is 0 Å². The summed E-state index contributed by atoms with van der Waals surface area (Å²) < 4.78 is 32.3. The highest BCUT2D eigenvalue weighted by atomic mass is 19.1. The molecule has 2 unspecified atom stereocenters. The number of nitrogens with zero attached hydrogens (tertiary/aromatic N) is 2. The largest absolute Gasteiger partial charge is 0.467 e. The number of hydrogen-bond donors (Lipinski definition) is 3. The Morgan fingerprint density at radius 3 is 2.96 bits per heavy atom. The van der Waals surface area contributed by atoms with E-state index < -0.39 is 17.7 Å². The summed E-state index contributed by atoms with van der Waals surface area (Å²) in [6.07, 6.45) is 1.49. The Kier molecular flexibility index (Phi) is 6.28. The van der Waals surface area contributed by atoms with E-state index in [1.807, 2.05) is 11.8 Å². The summed E-state index contributed by atoms with van der Waals surface area (Å²) in [7, 11) is 0. The fourth-order valence-corrected chi connectivity index (χ4v) is 3.10. The van der Waals surface area contributed by atoms with Crippen LogP contribution in [-0.4, -0.2) is 43.3 Å². The lowest BCUT2D eigenvalue weighted by atomic mass is 10.2. The summed E-state index contributed by atoms with van der Waals surface area (Å²) in [6, 6.07) is 7.11. The van der Waals surface area contributed by atoms with Gasteiger partial charge in [0.1, 0.15) is 23.5 Å². The predicted molar refractivity (Wildman–Crippen MR) is 99.8 cm³/mol. The molecule has 0 radical (unpaired) electrons. The molecular weight excluding hydrogens is 354 g/mol. The summed E-state index contributed by atoms with van der Waals surface area (Å²) in [4.78, 5) is 6.28. The number of furan rings is 1. The van der Waals surface area contributed by atoms with Crippen LogP contribution in [0.1, 0.15) is 25.2 Å². The van der Waals surface area contributed by atoms with E-state index >= 15 is 0 Å². The minimum Gasteiger partial charge on any atom is -0.467 e. The van der Waals surface area contributed by atoms with E-state index in [1.54, 1.807) is 12.1 Å². The first kappa shape index (κ1) is 19.2. The van der Waals surface area contributed by atoms with E-state index in [9.17, 15) is 13.9 Å². The number of aliphatic hydroxyl groups excluding tert-OH is 1. The van der Waals surface area contributed by atoms with Crippen molar-refractivity contribution in [2.24, 2.45) is 4.99 Å². The third-order valence-corrected chi connectivity index (χ3v) is 4.42. The third kappa shape index (κ3) is 4.97. The lowest BCUT2D eigenvalue weighted by Gasteiger charge is -2.21. The average Bonchev–Trinajstić information content (AvgIpc) is 3.31. The highest BCUT2D eigenvalue weighted by Gasteiger charge is 2.25. The third-order valence-electron chi connectivity index (χ3n) is 4.42. The van der Waals surface area contributed by atoms with Crippen molar-refractivity contribution in [1.82, 2.24) is 10.6 Å². The van der Waals surface area contributed by atoms with Gasteiger partial charge in [-0.25, -0.2) is 8.78 Å². The highest BCUT2D eigenvalue weighted by molar-refractivity contribution is 5.80. The highest BCUT2D eigenvalue weighted by Crippen LogP contribution is 2.24. The Morgan fingerprint density at radius 1 is 1.41 bits per heavy atom. The summed E-state index contributed by atoms with van der Waals surface area (Å²) in [5.74, 6) is -0.0949. The van der Waals surface area contributed by atoms with Crippen LogP contribution in [0.2, 0.25) is 0 Å². The maximum Gasteiger partial charge on any atom is 0.191 e. The van der Waals surface area contributed by atoms with Gasteiger partial charge in [0.2, 0.25) is 0 Å². The fraction of sp³-hybridized carbons (Fsp3) is 0.421. The molecule has 2 atom stereocenters. The molecule has 3 rings (SSSR count). The molecule has 1 fully saturated rings. The number of nitrogens with one attached hydrogen (secondary N) is 2. The topological polar surface area (TPSA) is 73.0 Å². The molecule has 6 nitrogen and oxygen atoms in total. The van der Waals surface area contributed by atoms with Gasteiger partial charge in [-0.15, -0.1) is 0 Å². The maximum absolute atomic E-state index is 14.0. The van der Waals surface area contributed by atoms with Gasteiger partial charge in [0.05, 0.1) is 18.5 Å². The van der Waals surface area contributed by atoms with Crippen molar-refractivity contribution in [3.8, 4) is 0 Å². The second-order valence-corrected chi connectivity index (χ2v) is 6.42. The molecule has 3 N–H and O–H groups in total. The SMILES string of the molecule is CCNC(=NCC(O)c1ccco1)NC1CCN(c2ccc(F)cc2F)C1. The molecule has 1 saturated heterocycles. The lowest BCUT2D eigenvalue weighted by molar-refractivity contribution is 0.158. The Balaban J connectivity index is 1.59. The van der Waals surface area contributed by atoms with E-state index in [0.717, 1.165) is 12.5 Å². The molecule has 1 aromatic heterocycles. The lowest BCUT2D eigenvalue weighted by Crippen LogP contribution is -2.44. The fourth-order valence-electron chi connectivity index (χ4n) is 3.10. The standard InChI is InChI=1S/C19H24F2N4O2/c1-2-22-19(23-11-17(26)18-4-3-9-27-18)24-14-7-8-25(12-14)16-6-5-13(20)10-15(16)21/h3-6,9-10,14,17,26H,2,7-8,11-12H2,1H3,(H2,22,23,24). The monoisotopic (exact) mass is 378 g/mol. The molecule has 1 aromatic carbocycles. The van der Waals surface area contributed by atoms with Crippen molar-refractivity contribution in [3.05, 3.63) is 54.0 Å². The summed E-state index contributed by atoms with van der Waals surface area (Å²) in [5, 5.41) is 16.5. The van der Waals surface area contributed by atoms with Gasteiger partial charge in [0.15, 0.2) is 5.96 Å². The number of benzene rings is 1. The molecule has 1 aliphatic rings. The molecule has 0 amide bonds. The Hall–Kier alpha value is -2.61. The van der Waals surface area contributed by atoms with Crippen molar-refractivity contribution < 1.29 is 18.3 Å². The molecule has 0 spiro atoms. The van der Waals surface area contributed by atoms with Gasteiger partial charge >= 0.3 is 0 Å². The Bertz CT molecular complexity index is 767. The minimum atomic E-state index is -0.816. The average molecular weight is 378 g/mol. The number of aliphatic hydroxyl groups is 1. The van der Waals surface area contributed by atoms with Crippen molar-refractivity contribution >= 4 is 11.6 Å². The summed E-state index contributed by atoms with van der Waals surface area (Å²) >= 11 is 0. The Morgan fingerprint density at radius 2 is 2.26 bits per heavy atom. The second kappa shape index (κ2) is 8.85. The predicted octanol–water partition coefficient (Wildman–Crippen LogP) is 2.43. The van der Waals surface area contributed by atoms with Crippen molar-refractivity contribution in [1.29, 1.82) is 0 Å². The molecular formula is C19H24F2N4O2. The number of rotatable bonds is 6. The quantitative estimate of drug-likeness (QED) is 0.532. The van der Waals surface area contributed by atoms with Crippen LogP contribution in [0.5, 0.6) is 0 Å². The second-order valence-electron chi connectivity index (χ2n) is 6.42. The van der Waals surface area contributed by atoms with E-state index in [-0.39, 0.29) is 12.6 Å². The van der Waals surface area contributed by atoms with Crippen LogP contribution in [0.15, 0.2) is 46.0 Å². The Labute approximate surface area is 156 Å². The van der Waals surface area contributed by atoms with E-state index in [4.69, 9.17) is 4.42 Å². The van der Waals surface area contributed by atoms with Crippen LogP contribution in [0.3, 0.4) is 0 Å². The minimum absolute atomic E-state index is 0.0630. The zero-order valence-electron chi connectivity index (χ0n) is 15.2. The van der Waals surface area contributed by atoms with Crippen LogP contribution >= 0.6 is 0 Å². The molecule has 146 valence electrons. The van der Waals surface area contributed by atoms with Crippen molar-refractivity contribution in [2.75, 3.05) is 31.1 Å². The van der Waals surface area contributed by atoms with Gasteiger partial charge in [-0.3, -0.25) is 4.99 Å². The first-order valence-corrected chi connectivity index (χ1v) is 9.03. The van der Waals surface area contributed by atoms with Crippen molar-refractivity contribution in [3.63, 3.8) is 0 Å². The van der Waals surface area contributed by atoms with Crippen LogP contribution in [0.4, 0.5) is 14.5 Å². The normalized spacial score (nSPS) is 18.6. The molecule has 0 bridgehead atoms. The maximum atomic E-state index is 14.0. The number of aliphatic imine (C=N–C) groups is 1. The first-order chi connectivity index (χ1) is 13.1. The van der Waals surface area contributed by atoms with Gasteiger partial charge in [0.25, 0.3) is 0 Å². The van der Waals surface area contributed by atoms with Gasteiger partial charge in [0, 0.05) is 31.7 Å². The van der Waals surface area contributed by atoms with Crippen LogP contribution in [0.25, 0.3) is 0 Å². The van der Waals surface area contributed by atoms with E-state index in [2.05, 4.69) is 15.6 Å². The molecule has 0 saturated carbocycles. The number of guanidine groups is 1. The molecule has 2 aromatic rings. The van der Waals surface area contributed by atoms with Gasteiger partial charge in [-0.2, -0.15) is 0 Å². The molecule has 2 heterocycles. The molecule has 1 aliphatic heterocycles. The molecule has 8 heteroatoms. The smallest absolute Gasteiger partial charge is 0.191 e. The van der Waals surface area contributed by atoms with Crippen LogP contribution in [0, 0.1) is 11.6 Å². The van der Waals surface area contributed by atoms with Gasteiger partial charge in [-0.1, -0.05) is 0 Å². The number of halogens is 2. The number of anilines is 1. The first-order valence-electron chi connectivity index (χ1n) is 9.03. The van der Waals surface area contributed by atoms with Gasteiger partial charge < -0.3 is 25.1 Å². The molecule has 0 aliphatic carbocycles. The summed E-state index contributed by atoms with van der Waals surface area (Å²) in [6.45, 7) is 4.02. The van der Waals surface area contributed by atoms with Crippen LogP contribution < -0.4 is 15.5 Å². The van der Waals surface area contributed by atoms with Gasteiger partial charge in [-0.05, 0) is 37.6 Å². The van der Waals surface area contributed by atoms with E-state index in [0.29, 0.717) is 37.0 Å².